The summed E-state index contributed by atoms with van der Waals surface area (Å²) >= 11 is 4.55. The lowest BCUT2D eigenvalue weighted by Crippen LogP contribution is -2.28. The number of hydrogen-bond donors (Lipinski definition) is 1. The first-order valence-electron chi connectivity index (χ1n) is 4.06. The molecule has 10 heavy (non-hydrogen) atoms. The van der Waals surface area contributed by atoms with E-state index in [4.69, 9.17) is 0 Å². The maximum Gasteiger partial charge on any atom is 0.0551 e. The molecule has 0 aromatic rings. The van der Waals surface area contributed by atoms with Crippen LogP contribution in [0.1, 0.15) is 25.7 Å². The zero-order chi connectivity index (χ0) is 7.56. The van der Waals surface area contributed by atoms with Crippen molar-refractivity contribution in [3.63, 3.8) is 0 Å². The second-order valence-corrected chi connectivity index (χ2v) is 3.95. The Labute approximate surface area is 69.2 Å². The SMILES string of the molecule is CN(C)C(S)C1CCCC1. The largest absolute Gasteiger partial charge is 0.298 e. The Morgan fingerprint density at radius 3 is 2.20 bits per heavy atom. The van der Waals surface area contributed by atoms with E-state index < -0.39 is 0 Å². The van der Waals surface area contributed by atoms with E-state index in [1.807, 2.05) is 0 Å². The third kappa shape index (κ3) is 1.89. The maximum atomic E-state index is 4.55. The van der Waals surface area contributed by atoms with Crippen molar-refractivity contribution in [1.29, 1.82) is 0 Å². The molecule has 0 radical (unpaired) electrons. The molecule has 0 bridgehead atoms. The second-order valence-electron chi connectivity index (χ2n) is 3.42. The highest BCUT2D eigenvalue weighted by Gasteiger charge is 2.22. The number of rotatable bonds is 2. The van der Waals surface area contributed by atoms with Crippen LogP contribution in [0.2, 0.25) is 0 Å². The first-order chi connectivity index (χ1) is 4.72. The van der Waals surface area contributed by atoms with Crippen LogP contribution in [0.15, 0.2) is 0 Å². The van der Waals surface area contributed by atoms with Gasteiger partial charge in [-0.25, -0.2) is 0 Å². The van der Waals surface area contributed by atoms with Crippen LogP contribution >= 0.6 is 12.6 Å². The third-order valence-electron chi connectivity index (χ3n) is 2.35. The van der Waals surface area contributed by atoms with Gasteiger partial charge in [0.05, 0.1) is 5.37 Å². The molecule has 1 aliphatic rings. The lowest BCUT2D eigenvalue weighted by Gasteiger charge is -2.24. The van der Waals surface area contributed by atoms with Crippen LogP contribution in [-0.2, 0) is 0 Å². The molecule has 0 aromatic heterocycles. The zero-order valence-corrected chi connectivity index (χ0v) is 7.77. The van der Waals surface area contributed by atoms with Gasteiger partial charge in [-0.3, -0.25) is 4.90 Å². The van der Waals surface area contributed by atoms with E-state index in [0.29, 0.717) is 5.37 Å². The van der Waals surface area contributed by atoms with Gasteiger partial charge in [0.1, 0.15) is 0 Å². The zero-order valence-electron chi connectivity index (χ0n) is 6.88. The molecule has 1 nitrogen and oxygen atoms in total. The van der Waals surface area contributed by atoms with Gasteiger partial charge in [0.2, 0.25) is 0 Å². The summed E-state index contributed by atoms with van der Waals surface area (Å²) in [7, 11) is 4.21. The fraction of sp³-hybridized carbons (Fsp3) is 1.00. The highest BCUT2D eigenvalue weighted by molar-refractivity contribution is 7.80. The van der Waals surface area contributed by atoms with Crippen molar-refractivity contribution in [3.8, 4) is 0 Å². The van der Waals surface area contributed by atoms with E-state index in [-0.39, 0.29) is 0 Å². The van der Waals surface area contributed by atoms with Crippen molar-refractivity contribution in [1.82, 2.24) is 4.90 Å². The van der Waals surface area contributed by atoms with Gasteiger partial charge in [0.25, 0.3) is 0 Å². The molecule has 0 heterocycles. The Hall–Kier alpha value is 0.310. The third-order valence-corrected chi connectivity index (χ3v) is 3.23. The molecule has 0 amide bonds. The Kier molecular flexibility index (Phi) is 3.05. The molecule has 1 unspecified atom stereocenters. The van der Waals surface area contributed by atoms with Gasteiger partial charge in [0, 0.05) is 0 Å². The molecular formula is C8H17NS. The number of thiol groups is 1. The molecule has 1 fully saturated rings. The summed E-state index contributed by atoms with van der Waals surface area (Å²) in [5, 5.41) is 0.488. The van der Waals surface area contributed by atoms with E-state index in [2.05, 4.69) is 31.6 Å². The van der Waals surface area contributed by atoms with E-state index in [1.165, 1.54) is 25.7 Å². The molecule has 2 heteroatoms. The minimum atomic E-state index is 0.488. The van der Waals surface area contributed by atoms with Crippen molar-refractivity contribution in [2.24, 2.45) is 5.92 Å². The summed E-state index contributed by atoms with van der Waals surface area (Å²) < 4.78 is 0. The molecule has 0 N–H and O–H groups in total. The molecule has 60 valence electrons. The fourth-order valence-electron chi connectivity index (χ4n) is 1.68. The summed E-state index contributed by atoms with van der Waals surface area (Å²) in [5.74, 6) is 0.846. The van der Waals surface area contributed by atoms with E-state index in [0.717, 1.165) is 5.92 Å². The minimum Gasteiger partial charge on any atom is -0.298 e. The van der Waals surface area contributed by atoms with Crippen LogP contribution in [0.5, 0.6) is 0 Å². The quantitative estimate of drug-likeness (QED) is 0.476. The van der Waals surface area contributed by atoms with Crippen molar-refractivity contribution < 1.29 is 0 Å². The molecule has 1 aliphatic carbocycles. The van der Waals surface area contributed by atoms with E-state index >= 15 is 0 Å². The first-order valence-corrected chi connectivity index (χ1v) is 4.58. The summed E-state index contributed by atoms with van der Waals surface area (Å²) in [5.41, 5.74) is 0. The minimum absolute atomic E-state index is 0.488. The number of nitrogens with zero attached hydrogens (tertiary/aromatic N) is 1. The average molecular weight is 159 g/mol. The van der Waals surface area contributed by atoms with E-state index in [1.54, 1.807) is 0 Å². The van der Waals surface area contributed by atoms with Gasteiger partial charge in [-0.15, -0.1) is 0 Å². The lowest BCUT2D eigenvalue weighted by atomic mass is 10.1. The topological polar surface area (TPSA) is 3.24 Å². The Morgan fingerprint density at radius 2 is 1.80 bits per heavy atom. The van der Waals surface area contributed by atoms with Gasteiger partial charge >= 0.3 is 0 Å². The molecule has 1 atom stereocenters. The summed E-state index contributed by atoms with van der Waals surface area (Å²) in [6.45, 7) is 0. The molecule has 1 rings (SSSR count). The number of hydrogen-bond acceptors (Lipinski definition) is 2. The summed E-state index contributed by atoms with van der Waals surface area (Å²) in [4.78, 5) is 2.21. The molecular weight excluding hydrogens is 142 g/mol. The van der Waals surface area contributed by atoms with Crippen molar-refractivity contribution in [3.05, 3.63) is 0 Å². The van der Waals surface area contributed by atoms with Gasteiger partial charge in [-0.2, -0.15) is 12.6 Å². The van der Waals surface area contributed by atoms with Gasteiger partial charge in [-0.1, -0.05) is 12.8 Å². The second kappa shape index (κ2) is 3.63. The Bertz CT molecular complexity index is 97.4. The molecule has 0 aliphatic heterocycles. The standard InChI is InChI=1S/C8H17NS/c1-9(2)8(10)7-5-3-4-6-7/h7-8,10H,3-6H2,1-2H3. The molecule has 1 saturated carbocycles. The maximum absolute atomic E-state index is 4.55. The molecule has 0 spiro atoms. The molecule has 0 saturated heterocycles. The predicted octanol–water partition coefficient (Wildman–Crippen LogP) is 1.99. The van der Waals surface area contributed by atoms with Gasteiger partial charge in [-0.05, 0) is 32.9 Å². The van der Waals surface area contributed by atoms with Crippen LogP contribution in [0.25, 0.3) is 0 Å². The normalized spacial score (nSPS) is 24.0. The average Bonchev–Trinajstić information content (AvgIpc) is 2.36. The van der Waals surface area contributed by atoms with Crippen LogP contribution < -0.4 is 0 Å². The highest BCUT2D eigenvalue weighted by Crippen LogP contribution is 2.30. The van der Waals surface area contributed by atoms with Crippen LogP contribution in [0.4, 0.5) is 0 Å². The highest BCUT2D eigenvalue weighted by atomic mass is 32.1. The van der Waals surface area contributed by atoms with Crippen LogP contribution in [0, 0.1) is 5.92 Å². The van der Waals surface area contributed by atoms with Crippen molar-refractivity contribution in [2.75, 3.05) is 14.1 Å². The molecule has 0 aromatic carbocycles. The van der Waals surface area contributed by atoms with Gasteiger partial charge < -0.3 is 0 Å². The van der Waals surface area contributed by atoms with Crippen molar-refractivity contribution >= 4 is 12.6 Å². The van der Waals surface area contributed by atoms with Gasteiger partial charge in [0.15, 0.2) is 0 Å². The Balaban J connectivity index is 2.32. The first kappa shape index (κ1) is 8.41. The van der Waals surface area contributed by atoms with E-state index in [9.17, 15) is 0 Å². The smallest absolute Gasteiger partial charge is 0.0551 e. The Morgan fingerprint density at radius 1 is 1.30 bits per heavy atom. The predicted molar refractivity (Wildman–Crippen MR) is 48.4 cm³/mol. The lowest BCUT2D eigenvalue weighted by molar-refractivity contribution is 0.297. The summed E-state index contributed by atoms with van der Waals surface area (Å²) in [6, 6.07) is 0. The summed E-state index contributed by atoms with van der Waals surface area (Å²) in [6.07, 6.45) is 5.59. The fourth-order valence-corrected chi connectivity index (χ4v) is 1.98. The monoisotopic (exact) mass is 159 g/mol. The van der Waals surface area contributed by atoms with Crippen LogP contribution in [-0.4, -0.2) is 24.4 Å². The van der Waals surface area contributed by atoms with Crippen molar-refractivity contribution in [2.45, 2.75) is 31.1 Å². The van der Waals surface area contributed by atoms with Crippen LogP contribution in [0.3, 0.4) is 0 Å².